The summed E-state index contributed by atoms with van der Waals surface area (Å²) in [5.74, 6) is 0.925. The average molecular weight is 315 g/mol. The van der Waals surface area contributed by atoms with Gasteiger partial charge < -0.3 is 15.4 Å². The molecule has 21 heavy (non-hydrogen) atoms. The molecule has 4 nitrogen and oxygen atoms in total. The number of benzene rings is 1. The molecule has 0 aliphatic rings. The second-order valence-electron chi connectivity index (χ2n) is 5.11. The summed E-state index contributed by atoms with van der Waals surface area (Å²) in [4.78, 5) is 11.6. The van der Waals surface area contributed by atoms with Gasteiger partial charge in [-0.25, -0.2) is 0 Å². The summed E-state index contributed by atoms with van der Waals surface area (Å²) in [5.41, 5.74) is 3.54. The fourth-order valence-corrected chi connectivity index (χ4v) is 1.99. The second kappa shape index (κ2) is 10.5. The molecule has 0 spiro atoms. The maximum atomic E-state index is 11.6. The molecule has 1 aromatic rings. The molecule has 0 unspecified atom stereocenters. The van der Waals surface area contributed by atoms with Gasteiger partial charge in [0, 0.05) is 6.54 Å². The molecule has 0 saturated carbocycles. The highest BCUT2D eigenvalue weighted by Gasteiger charge is 2.05. The minimum atomic E-state index is 0. The van der Waals surface area contributed by atoms with Gasteiger partial charge in [0.05, 0.1) is 13.0 Å². The van der Waals surface area contributed by atoms with E-state index in [9.17, 15) is 4.79 Å². The van der Waals surface area contributed by atoms with Gasteiger partial charge in [-0.15, -0.1) is 12.4 Å². The molecule has 0 aromatic heterocycles. The van der Waals surface area contributed by atoms with Gasteiger partial charge in [0.25, 0.3) is 0 Å². The van der Waals surface area contributed by atoms with Crippen molar-refractivity contribution in [3.05, 3.63) is 28.8 Å². The normalized spacial score (nSPS) is 9.90. The van der Waals surface area contributed by atoms with Crippen molar-refractivity contribution in [2.45, 2.75) is 33.6 Å². The third-order valence-corrected chi connectivity index (χ3v) is 3.28. The van der Waals surface area contributed by atoms with E-state index in [0.29, 0.717) is 19.6 Å². The number of amides is 1. The predicted octanol–water partition coefficient (Wildman–Crippen LogP) is 2.53. The number of aryl methyl sites for hydroxylation is 2. The van der Waals surface area contributed by atoms with Gasteiger partial charge in [-0.1, -0.05) is 6.07 Å². The Labute approximate surface area is 134 Å². The predicted molar refractivity (Wildman–Crippen MR) is 89.6 cm³/mol. The molecule has 0 aliphatic carbocycles. The first kappa shape index (κ1) is 19.7. The summed E-state index contributed by atoms with van der Waals surface area (Å²) >= 11 is 0. The topological polar surface area (TPSA) is 50.4 Å². The average Bonchev–Trinajstić information content (AvgIpc) is 2.40. The number of carbonyl (C=O) groups excluding carboxylic acids is 1. The second-order valence-corrected chi connectivity index (χ2v) is 5.11. The minimum Gasteiger partial charge on any atom is -0.493 e. The number of rotatable bonds is 8. The van der Waals surface area contributed by atoms with Crippen LogP contribution in [-0.4, -0.2) is 32.7 Å². The smallest absolute Gasteiger partial charge is 0.223 e. The molecular formula is C16H27ClN2O2. The van der Waals surface area contributed by atoms with Crippen LogP contribution in [0.2, 0.25) is 0 Å². The monoisotopic (exact) mass is 314 g/mol. The Morgan fingerprint density at radius 3 is 2.57 bits per heavy atom. The summed E-state index contributed by atoms with van der Waals surface area (Å²) in [6, 6.07) is 4.16. The number of halogens is 1. The van der Waals surface area contributed by atoms with Crippen molar-refractivity contribution in [2.24, 2.45) is 0 Å². The van der Waals surface area contributed by atoms with Gasteiger partial charge in [-0.3, -0.25) is 4.79 Å². The Morgan fingerprint density at radius 1 is 1.19 bits per heavy atom. The van der Waals surface area contributed by atoms with Gasteiger partial charge in [0.2, 0.25) is 5.91 Å². The molecule has 1 rings (SSSR count). The van der Waals surface area contributed by atoms with Crippen LogP contribution in [0.3, 0.4) is 0 Å². The molecule has 0 heterocycles. The van der Waals surface area contributed by atoms with Crippen LogP contribution < -0.4 is 15.4 Å². The van der Waals surface area contributed by atoms with Crippen LogP contribution in [0, 0.1) is 20.8 Å². The first-order chi connectivity index (χ1) is 9.54. The summed E-state index contributed by atoms with van der Waals surface area (Å²) in [6.45, 7) is 8.21. The third kappa shape index (κ3) is 7.34. The Balaban J connectivity index is 0.00000400. The lowest BCUT2D eigenvalue weighted by Crippen LogP contribution is -2.27. The number of nitrogens with one attached hydrogen (secondary N) is 2. The molecule has 5 heteroatoms. The largest absolute Gasteiger partial charge is 0.493 e. The van der Waals surface area contributed by atoms with E-state index in [2.05, 4.69) is 23.6 Å². The van der Waals surface area contributed by atoms with Crippen molar-refractivity contribution in [1.29, 1.82) is 0 Å². The van der Waals surface area contributed by atoms with E-state index in [1.165, 1.54) is 11.1 Å². The van der Waals surface area contributed by atoms with Crippen molar-refractivity contribution < 1.29 is 9.53 Å². The number of hydrogen-bond donors (Lipinski definition) is 2. The summed E-state index contributed by atoms with van der Waals surface area (Å²) < 4.78 is 5.72. The Morgan fingerprint density at radius 2 is 1.90 bits per heavy atom. The molecular weight excluding hydrogens is 288 g/mol. The van der Waals surface area contributed by atoms with E-state index in [1.54, 1.807) is 0 Å². The Hall–Kier alpha value is -1.26. The highest BCUT2D eigenvalue weighted by Crippen LogP contribution is 2.23. The van der Waals surface area contributed by atoms with E-state index in [-0.39, 0.29) is 18.3 Å². The Kier molecular flexibility index (Phi) is 9.84. The highest BCUT2D eigenvalue weighted by atomic mass is 35.5. The van der Waals surface area contributed by atoms with E-state index >= 15 is 0 Å². The molecule has 0 atom stereocenters. The lowest BCUT2D eigenvalue weighted by molar-refractivity contribution is -0.121. The fourth-order valence-electron chi connectivity index (χ4n) is 1.99. The van der Waals surface area contributed by atoms with Crippen molar-refractivity contribution in [3.63, 3.8) is 0 Å². The maximum absolute atomic E-state index is 11.6. The van der Waals surface area contributed by atoms with Crippen molar-refractivity contribution in [2.75, 3.05) is 26.7 Å². The van der Waals surface area contributed by atoms with Gasteiger partial charge in [0.15, 0.2) is 0 Å². The standard InChI is InChI=1S/C16H26N2O2.ClH/c1-12-10-13(2)14(3)15(11-12)20-9-6-16(19)18-8-5-7-17-4;/h10-11,17H,5-9H2,1-4H3,(H,18,19);1H. The molecule has 1 aromatic carbocycles. The van der Waals surface area contributed by atoms with Crippen LogP contribution in [0.25, 0.3) is 0 Å². The van der Waals surface area contributed by atoms with Crippen molar-refractivity contribution in [1.82, 2.24) is 10.6 Å². The molecule has 2 N–H and O–H groups in total. The molecule has 0 fully saturated rings. The fraction of sp³-hybridized carbons (Fsp3) is 0.562. The maximum Gasteiger partial charge on any atom is 0.223 e. The first-order valence-electron chi connectivity index (χ1n) is 7.16. The third-order valence-electron chi connectivity index (χ3n) is 3.28. The van der Waals surface area contributed by atoms with Gasteiger partial charge >= 0.3 is 0 Å². The van der Waals surface area contributed by atoms with Crippen LogP contribution in [0.5, 0.6) is 5.75 Å². The van der Waals surface area contributed by atoms with Crippen LogP contribution in [-0.2, 0) is 4.79 Å². The zero-order valence-corrected chi connectivity index (χ0v) is 14.2. The van der Waals surface area contributed by atoms with Crippen LogP contribution in [0.4, 0.5) is 0 Å². The van der Waals surface area contributed by atoms with Crippen LogP contribution in [0.15, 0.2) is 12.1 Å². The van der Waals surface area contributed by atoms with Gasteiger partial charge in [-0.05, 0) is 63.5 Å². The van der Waals surface area contributed by atoms with Crippen molar-refractivity contribution in [3.8, 4) is 5.75 Å². The molecule has 0 bridgehead atoms. The van der Waals surface area contributed by atoms with E-state index in [1.807, 2.05) is 27.0 Å². The number of ether oxygens (including phenoxy) is 1. The van der Waals surface area contributed by atoms with Crippen molar-refractivity contribution >= 4 is 18.3 Å². The summed E-state index contributed by atoms with van der Waals surface area (Å²) in [7, 11) is 1.90. The SMILES string of the molecule is CNCCCNC(=O)CCOc1cc(C)cc(C)c1C.Cl. The minimum absolute atomic E-state index is 0. The van der Waals surface area contributed by atoms with Crippen LogP contribution in [0.1, 0.15) is 29.5 Å². The number of carbonyl (C=O) groups is 1. The zero-order valence-electron chi connectivity index (χ0n) is 13.4. The van der Waals surface area contributed by atoms with Crippen LogP contribution >= 0.6 is 12.4 Å². The first-order valence-corrected chi connectivity index (χ1v) is 7.16. The lowest BCUT2D eigenvalue weighted by Gasteiger charge is -2.12. The van der Waals surface area contributed by atoms with Gasteiger partial charge in [0.1, 0.15) is 5.75 Å². The molecule has 0 saturated heterocycles. The highest BCUT2D eigenvalue weighted by molar-refractivity contribution is 5.85. The molecule has 120 valence electrons. The molecule has 0 aliphatic heterocycles. The van der Waals surface area contributed by atoms with E-state index in [4.69, 9.17) is 4.74 Å². The molecule has 0 radical (unpaired) electrons. The Bertz CT molecular complexity index is 450. The lowest BCUT2D eigenvalue weighted by atomic mass is 10.1. The summed E-state index contributed by atoms with van der Waals surface area (Å²) in [6.07, 6.45) is 1.34. The van der Waals surface area contributed by atoms with E-state index in [0.717, 1.165) is 24.3 Å². The zero-order chi connectivity index (χ0) is 15.0. The number of hydrogen-bond acceptors (Lipinski definition) is 3. The summed E-state index contributed by atoms with van der Waals surface area (Å²) in [5, 5.41) is 5.93. The molecule has 1 amide bonds. The van der Waals surface area contributed by atoms with E-state index < -0.39 is 0 Å². The quantitative estimate of drug-likeness (QED) is 0.725. The van der Waals surface area contributed by atoms with Gasteiger partial charge in [-0.2, -0.15) is 0 Å².